The number of H-pyrrole nitrogens is 2. The fourth-order valence-corrected chi connectivity index (χ4v) is 10.9. The van der Waals surface area contributed by atoms with Crippen molar-refractivity contribution in [3.8, 4) is 45.5 Å². The van der Waals surface area contributed by atoms with Crippen LogP contribution in [0.5, 0.6) is 23.0 Å². The van der Waals surface area contributed by atoms with Gasteiger partial charge < -0.3 is 39.4 Å². The van der Waals surface area contributed by atoms with Gasteiger partial charge in [0.15, 0.2) is 0 Å². The molecular formula is C52H54Cl4N8O6. The van der Waals surface area contributed by atoms with E-state index in [-0.39, 0.29) is 30.3 Å². The molecule has 18 heteroatoms. The number of aromatic amines is 2. The van der Waals surface area contributed by atoms with Crippen molar-refractivity contribution in [2.45, 2.75) is 50.4 Å². The molecule has 0 fully saturated rings. The lowest BCUT2D eigenvalue weighted by Crippen LogP contribution is -2.15. The third-order valence-corrected chi connectivity index (χ3v) is 14.5. The minimum Gasteiger partial charge on any atom is -0.495 e. The molecular weight excluding hydrogens is 974 g/mol. The molecule has 0 aliphatic heterocycles. The second-order valence-electron chi connectivity index (χ2n) is 17.5. The maximum absolute atomic E-state index is 13.6. The molecule has 0 saturated heterocycles. The second kappa shape index (κ2) is 21.4. The predicted octanol–water partition coefficient (Wildman–Crippen LogP) is 11.5. The summed E-state index contributed by atoms with van der Waals surface area (Å²) in [5.41, 5.74) is 11.7. The molecule has 2 aliphatic carbocycles. The second-order valence-corrected chi connectivity index (χ2v) is 19.0. The summed E-state index contributed by atoms with van der Waals surface area (Å²) < 4.78 is 23.0. The maximum Gasteiger partial charge on any atom is 0.248 e. The molecule has 0 radical (unpaired) electrons. The number of carbonyl (C=O) groups is 2. The minimum atomic E-state index is -0.357. The number of nitrogens with one attached hydrogen (secondary N) is 4. The van der Waals surface area contributed by atoms with Crippen molar-refractivity contribution in [1.82, 2.24) is 20.4 Å². The van der Waals surface area contributed by atoms with Crippen molar-refractivity contribution in [3.05, 3.63) is 127 Å². The van der Waals surface area contributed by atoms with Crippen molar-refractivity contribution in [1.29, 1.82) is 0 Å². The fraction of sp³-hybridized carbons (Fsp3) is 0.308. The number of amides is 2. The Balaban J connectivity index is 0.977. The number of benzene rings is 4. The van der Waals surface area contributed by atoms with Crippen LogP contribution in [0.15, 0.2) is 73.3 Å². The number of hydrogen-bond donors (Lipinski definition) is 4. The summed E-state index contributed by atoms with van der Waals surface area (Å²) in [6, 6.07) is 15.0. The first-order chi connectivity index (χ1) is 33.6. The van der Waals surface area contributed by atoms with Gasteiger partial charge in [-0.15, -0.1) is 0 Å². The lowest BCUT2D eigenvalue weighted by molar-refractivity contribution is -0.112. The van der Waals surface area contributed by atoms with Gasteiger partial charge in [-0.3, -0.25) is 19.8 Å². The van der Waals surface area contributed by atoms with Gasteiger partial charge in [0.2, 0.25) is 11.8 Å². The SMILES string of the molecule is C=CC(=O)Nc1ccc(N(C)C)cc1-c1n[nH]c2c1CC[C@H](c1c(Cl)c(OC)cc(OC/C=C/C(=O)Nc3ccc(N(C)C)cc3-c3n[nH]c4c3CC[C@@H](c3c(Cl)c(OC)cc(OC)c3Cl)C4)c1Cl)C2. The molecule has 2 aliphatic rings. The molecule has 366 valence electrons. The van der Waals surface area contributed by atoms with E-state index in [9.17, 15) is 9.59 Å². The first-order valence-corrected chi connectivity index (χ1v) is 24.1. The fourth-order valence-electron chi connectivity index (χ4n) is 9.32. The third-order valence-electron chi connectivity index (χ3n) is 13.0. The largest absolute Gasteiger partial charge is 0.495 e. The Morgan fingerprint density at radius 2 is 1.10 bits per heavy atom. The highest BCUT2D eigenvalue weighted by molar-refractivity contribution is 6.38. The number of hydrogen-bond acceptors (Lipinski definition) is 10. The first kappa shape index (κ1) is 50.1. The van der Waals surface area contributed by atoms with E-state index in [0.29, 0.717) is 92.1 Å². The van der Waals surface area contributed by atoms with E-state index in [0.717, 1.165) is 68.4 Å². The number of rotatable bonds is 16. The van der Waals surface area contributed by atoms with E-state index in [4.69, 9.17) is 75.5 Å². The van der Waals surface area contributed by atoms with E-state index in [1.54, 1.807) is 39.5 Å². The topological polar surface area (TPSA) is 159 Å². The number of nitrogens with zero attached hydrogens (tertiary/aromatic N) is 4. The van der Waals surface area contributed by atoms with E-state index in [1.165, 1.54) is 12.2 Å². The first-order valence-electron chi connectivity index (χ1n) is 22.6. The van der Waals surface area contributed by atoms with Crippen LogP contribution in [0.25, 0.3) is 22.5 Å². The van der Waals surface area contributed by atoms with Crippen LogP contribution >= 0.6 is 46.4 Å². The van der Waals surface area contributed by atoms with Gasteiger partial charge in [-0.2, -0.15) is 10.2 Å². The average Bonchev–Trinajstić information content (AvgIpc) is 3.98. The van der Waals surface area contributed by atoms with Gasteiger partial charge in [-0.1, -0.05) is 53.0 Å². The van der Waals surface area contributed by atoms with E-state index in [1.807, 2.05) is 74.4 Å². The highest BCUT2D eigenvalue weighted by Gasteiger charge is 2.33. The van der Waals surface area contributed by atoms with Crippen molar-refractivity contribution < 1.29 is 28.5 Å². The minimum absolute atomic E-state index is 0.0151. The zero-order chi connectivity index (χ0) is 50.0. The molecule has 0 spiro atoms. The van der Waals surface area contributed by atoms with Gasteiger partial charge in [0.25, 0.3) is 0 Å². The molecule has 4 N–H and O–H groups in total. The van der Waals surface area contributed by atoms with Gasteiger partial charge >= 0.3 is 0 Å². The number of carbonyl (C=O) groups excluding carboxylic acids is 2. The Morgan fingerprint density at radius 1 is 0.671 bits per heavy atom. The molecule has 0 unspecified atom stereocenters. The van der Waals surface area contributed by atoms with Gasteiger partial charge in [-0.05, 0) is 98.9 Å². The van der Waals surface area contributed by atoms with E-state index < -0.39 is 0 Å². The predicted molar refractivity (Wildman–Crippen MR) is 281 cm³/mol. The molecule has 70 heavy (non-hydrogen) atoms. The third kappa shape index (κ3) is 10.0. The summed E-state index contributed by atoms with van der Waals surface area (Å²) in [5, 5.41) is 23.8. The summed E-state index contributed by atoms with van der Waals surface area (Å²) in [4.78, 5) is 29.9. The average molecular weight is 1030 g/mol. The summed E-state index contributed by atoms with van der Waals surface area (Å²) in [5.74, 6) is 0.984. The molecule has 14 nitrogen and oxygen atoms in total. The summed E-state index contributed by atoms with van der Waals surface area (Å²) in [6.07, 6.45) is 8.27. The van der Waals surface area contributed by atoms with Crippen molar-refractivity contribution in [2.75, 3.05) is 76.6 Å². The van der Waals surface area contributed by atoms with Crippen molar-refractivity contribution >= 4 is 81.0 Å². The summed E-state index contributed by atoms with van der Waals surface area (Å²) in [7, 11) is 12.5. The Bertz CT molecular complexity index is 2990. The molecule has 0 bridgehead atoms. The smallest absolute Gasteiger partial charge is 0.248 e. The van der Waals surface area contributed by atoms with Gasteiger partial charge in [0, 0.05) is 103 Å². The molecule has 8 rings (SSSR count). The van der Waals surface area contributed by atoms with Crippen molar-refractivity contribution in [2.24, 2.45) is 0 Å². The molecule has 6 aromatic rings. The Labute approximate surface area is 427 Å². The van der Waals surface area contributed by atoms with Crippen LogP contribution in [0.4, 0.5) is 22.7 Å². The number of halogens is 4. The van der Waals surface area contributed by atoms with Crippen LogP contribution < -0.4 is 39.4 Å². The van der Waals surface area contributed by atoms with Crippen LogP contribution in [0.1, 0.15) is 58.3 Å². The normalized spacial score (nSPS) is 15.2. The van der Waals surface area contributed by atoms with E-state index >= 15 is 0 Å². The Hall–Kier alpha value is -6.32. The quantitative estimate of drug-likeness (QED) is 0.0688. The van der Waals surface area contributed by atoms with Crippen molar-refractivity contribution in [3.63, 3.8) is 0 Å². The monoisotopic (exact) mass is 1030 g/mol. The molecule has 2 aromatic heterocycles. The van der Waals surface area contributed by atoms with Crippen LogP contribution in [-0.2, 0) is 35.3 Å². The summed E-state index contributed by atoms with van der Waals surface area (Å²) in [6.45, 7) is 3.63. The molecule has 4 aromatic carbocycles. The molecule has 2 heterocycles. The number of aromatic nitrogens is 4. The zero-order valence-electron chi connectivity index (χ0n) is 39.9. The summed E-state index contributed by atoms with van der Waals surface area (Å²) >= 11 is 27.8. The lowest BCUT2D eigenvalue weighted by atomic mass is 9.81. The molecule has 2 atom stereocenters. The number of anilines is 4. The van der Waals surface area contributed by atoms with Gasteiger partial charge in [-0.25, -0.2) is 0 Å². The highest BCUT2D eigenvalue weighted by Crippen LogP contribution is 2.50. The van der Waals surface area contributed by atoms with Crippen LogP contribution in [0, 0.1) is 0 Å². The van der Waals surface area contributed by atoms with Gasteiger partial charge in [0.05, 0.1) is 64.2 Å². The Kier molecular flexibility index (Phi) is 15.3. The highest BCUT2D eigenvalue weighted by atomic mass is 35.5. The van der Waals surface area contributed by atoms with Gasteiger partial charge in [0.1, 0.15) is 29.6 Å². The number of fused-ring (bicyclic) bond motifs is 2. The van der Waals surface area contributed by atoms with Crippen LogP contribution in [-0.4, -0.2) is 88.3 Å². The molecule has 0 saturated carbocycles. The lowest BCUT2D eigenvalue weighted by Gasteiger charge is -2.26. The van der Waals surface area contributed by atoms with Crippen LogP contribution in [0.3, 0.4) is 0 Å². The number of ether oxygens (including phenoxy) is 4. The Morgan fingerprint density at radius 3 is 1.53 bits per heavy atom. The van der Waals surface area contributed by atoms with Crippen LogP contribution in [0.2, 0.25) is 20.1 Å². The standard InChI is InChI=1S/C52H54Cl4N8O6/c1-9-43(65)57-35-18-14-29(63(2)3)23-33(35)51-31-17-13-28(22-38(31)60-61-51)46-49(55)41(69-8)26-42(50(46)56)70-20-10-11-44(66)58-36-19-15-30(64(4)5)24-34(36)52-32-16-12-27(21-37(32)59-62-52)45-47(53)39(67-6)25-40(68-7)48(45)54/h9-11,14-15,18-19,23-28H,1,12-13,16-17,20-22H2,2-8H3,(H,57,65)(H,58,66)(H,59,62)(H,60,61)/b11-10+/t27-,28+/m1/s1. The maximum atomic E-state index is 13.6. The van der Waals surface area contributed by atoms with E-state index in [2.05, 4.69) is 27.4 Å². The number of methoxy groups -OCH3 is 3. The molecule has 2 amide bonds. The zero-order valence-corrected chi connectivity index (χ0v) is 42.9.